The number of likely N-dealkylation sites (tertiary alicyclic amines) is 1. The first-order chi connectivity index (χ1) is 12.6. The van der Waals surface area contributed by atoms with Crippen LogP contribution in [0.25, 0.3) is 0 Å². The van der Waals surface area contributed by atoms with Gasteiger partial charge in [-0.05, 0) is 44.9 Å². The number of aryl methyl sites for hydroxylation is 1. The first kappa shape index (κ1) is 18.2. The van der Waals surface area contributed by atoms with Crippen molar-refractivity contribution in [1.82, 2.24) is 19.7 Å². The van der Waals surface area contributed by atoms with Crippen LogP contribution in [0, 0.1) is 6.92 Å². The standard InChI is InChI=1S/C19H26N4O3/c1-4-25-17-7-6-15(10-18(17)26-5-2)11-19(24)22-9-8-16(12-22)23-13-20-21-14(23)3/h6-7,10,13,16H,4-5,8-9,11-12H2,1-3H3. The molecule has 1 amide bonds. The first-order valence-electron chi connectivity index (χ1n) is 9.14. The summed E-state index contributed by atoms with van der Waals surface area (Å²) in [5, 5.41) is 7.97. The lowest BCUT2D eigenvalue weighted by Crippen LogP contribution is -2.30. The fraction of sp³-hybridized carbons (Fsp3) is 0.526. The van der Waals surface area contributed by atoms with Crippen LogP contribution in [0.5, 0.6) is 11.5 Å². The van der Waals surface area contributed by atoms with Crippen molar-refractivity contribution >= 4 is 5.91 Å². The average molecular weight is 358 g/mol. The summed E-state index contributed by atoms with van der Waals surface area (Å²) in [5.41, 5.74) is 0.936. The van der Waals surface area contributed by atoms with Gasteiger partial charge in [-0.15, -0.1) is 10.2 Å². The van der Waals surface area contributed by atoms with Gasteiger partial charge in [-0.2, -0.15) is 0 Å². The molecule has 1 unspecified atom stereocenters. The van der Waals surface area contributed by atoms with Gasteiger partial charge >= 0.3 is 0 Å². The third-order valence-electron chi connectivity index (χ3n) is 4.62. The minimum atomic E-state index is 0.129. The SMILES string of the molecule is CCOc1ccc(CC(=O)N2CCC(n3cnnc3C)C2)cc1OCC. The second kappa shape index (κ2) is 8.21. The minimum Gasteiger partial charge on any atom is -0.490 e. The van der Waals surface area contributed by atoms with Crippen molar-refractivity contribution in [3.63, 3.8) is 0 Å². The van der Waals surface area contributed by atoms with Gasteiger partial charge in [-0.25, -0.2) is 0 Å². The third-order valence-corrected chi connectivity index (χ3v) is 4.62. The van der Waals surface area contributed by atoms with E-state index in [0.717, 1.165) is 30.1 Å². The second-order valence-corrected chi connectivity index (χ2v) is 6.39. The molecule has 1 aromatic heterocycles. The summed E-state index contributed by atoms with van der Waals surface area (Å²) in [6, 6.07) is 5.98. The monoisotopic (exact) mass is 358 g/mol. The Balaban J connectivity index is 1.65. The summed E-state index contributed by atoms with van der Waals surface area (Å²) in [4.78, 5) is 14.6. The van der Waals surface area contributed by atoms with E-state index in [-0.39, 0.29) is 11.9 Å². The lowest BCUT2D eigenvalue weighted by atomic mass is 10.1. The number of benzene rings is 1. The maximum Gasteiger partial charge on any atom is 0.227 e. The maximum atomic E-state index is 12.7. The van der Waals surface area contributed by atoms with Crippen LogP contribution < -0.4 is 9.47 Å². The largest absolute Gasteiger partial charge is 0.490 e. The quantitative estimate of drug-likeness (QED) is 0.760. The molecule has 0 spiro atoms. The van der Waals surface area contributed by atoms with Crippen LogP contribution in [-0.4, -0.2) is 51.9 Å². The van der Waals surface area contributed by atoms with E-state index in [0.29, 0.717) is 31.9 Å². The van der Waals surface area contributed by atoms with Crippen LogP contribution in [0.4, 0.5) is 0 Å². The summed E-state index contributed by atoms with van der Waals surface area (Å²) in [7, 11) is 0. The topological polar surface area (TPSA) is 69.5 Å². The van der Waals surface area contributed by atoms with E-state index in [1.165, 1.54) is 0 Å². The highest BCUT2D eigenvalue weighted by molar-refractivity contribution is 5.79. The molecule has 0 N–H and O–H groups in total. The van der Waals surface area contributed by atoms with Crippen molar-refractivity contribution in [3.05, 3.63) is 35.9 Å². The van der Waals surface area contributed by atoms with Crippen molar-refractivity contribution in [2.24, 2.45) is 0 Å². The van der Waals surface area contributed by atoms with E-state index in [1.807, 2.05) is 43.9 Å². The number of amides is 1. The Hall–Kier alpha value is -2.57. The van der Waals surface area contributed by atoms with Crippen LogP contribution in [0.1, 0.15) is 37.7 Å². The second-order valence-electron chi connectivity index (χ2n) is 6.39. The van der Waals surface area contributed by atoms with Crippen molar-refractivity contribution in [2.45, 2.75) is 39.7 Å². The number of hydrogen-bond acceptors (Lipinski definition) is 5. The molecular formula is C19H26N4O3. The number of ether oxygens (including phenoxy) is 2. The number of carbonyl (C=O) groups excluding carboxylic acids is 1. The van der Waals surface area contributed by atoms with E-state index in [9.17, 15) is 4.79 Å². The van der Waals surface area contributed by atoms with Crippen LogP contribution in [0.3, 0.4) is 0 Å². The molecular weight excluding hydrogens is 332 g/mol. The van der Waals surface area contributed by atoms with E-state index < -0.39 is 0 Å². The lowest BCUT2D eigenvalue weighted by Gasteiger charge is -2.18. The van der Waals surface area contributed by atoms with Crippen molar-refractivity contribution in [3.8, 4) is 11.5 Å². The van der Waals surface area contributed by atoms with E-state index in [1.54, 1.807) is 6.33 Å². The molecule has 0 aliphatic carbocycles. The van der Waals surface area contributed by atoms with Gasteiger partial charge in [0.1, 0.15) is 12.2 Å². The predicted octanol–water partition coefficient (Wildman–Crippen LogP) is 2.40. The minimum absolute atomic E-state index is 0.129. The van der Waals surface area contributed by atoms with Crippen molar-refractivity contribution < 1.29 is 14.3 Å². The van der Waals surface area contributed by atoms with Crippen LogP contribution in [0.2, 0.25) is 0 Å². The fourth-order valence-electron chi connectivity index (χ4n) is 3.35. The molecule has 7 nitrogen and oxygen atoms in total. The van der Waals surface area contributed by atoms with Crippen LogP contribution in [-0.2, 0) is 11.2 Å². The van der Waals surface area contributed by atoms with Gasteiger partial charge in [-0.3, -0.25) is 4.79 Å². The Morgan fingerprint density at radius 3 is 2.69 bits per heavy atom. The Bertz CT molecular complexity index is 759. The lowest BCUT2D eigenvalue weighted by molar-refractivity contribution is -0.129. The highest BCUT2D eigenvalue weighted by atomic mass is 16.5. The van der Waals surface area contributed by atoms with Gasteiger partial charge in [-0.1, -0.05) is 6.07 Å². The highest BCUT2D eigenvalue weighted by Gasteiger charge is 2.28. The molecule has 3 rings (SSSR count). The van der Waals surface area contributed by atoms with Gasteiger partial charge in [0, 0.05) is 13.1 Å². The van der Waals surface area contributed by atoms with Gasteiger partial charge in [0.25, 0.3) is 0 Å². The van der Waals surface area contributed by atoms with Gasteiger partial charge in [0.15, 0.2) is 11.5 Å². The summed E-state index contributed by atoms with van der Waals surface area (Å²) in [6.07, 6.45) is 3.03. The van der Waals surface area contributed by atoms with Crippen LogP contribution in [0.15, 0.2) is 24.5 Å². The molecule has 0 bridgehead atoms. The number of rotatable bonds is 7. The van der Waals surface area contributed by atoms with Gasteiger partial charge in [0.2, 0.25) is 5.91 Å². The molecule has 1 aliphatic rings. The van der Waals surface area contributed by atoms with Crippen LogP contribution >= 0.6 is 0 Å². The summed E-state index contributed by atoms with van der Waals surface area (Å²) in [5.74, 6) is 2.43. The molecule has 0 radical (unpaired) electrons. The zero-order valence-corrected chi connectivity index (χ0v) is 15.6. The van der Waals surface area contributed by atoms with E-state index in [2.05, 4.69) is 14.8 Å². The number of nitrogens with zero attached hydrogens (tertiary/aromatic N) is 4. The molecule has 26 heavy (non-hydrogen) atoms. The molecule has 1 saturated heterocycles. The zero-order chi connectivity index (χ0) is 18.5. The first-order valence-corrected chi connectivity index (χ1v) is 9.14. The van der Waals surface area contributed by atoms with Crippen molar-refractivity contribution in [2.75, 3.05) is 26.3 Å². The molecule has 2 aromatic rings. The number of carbonyl (C=O) groups is 1. The molecule has 1 aliphatic heterocycles. The molecule has 1 atom stereocenters. The van der Waals surface area contributed by atoms with E-state index in [4.69, 9.17) is 9.47 Å². The zero-order valence-electron chi connectivity index (χ0n) is 15.6. The molecule has 1 aromatic carbocycles. The summed E-state index contributed by atoms with van der Waals surface area (Å²) >= 11 is 0. The summed E-state index contributed by atoms with van der Waals surface area (Å²) < 4.78 is 13.3. The molecule has 7 heteroatoms. The smallest absolute Gasteiger partial charge is 0.227 e. The Morgan fingerprint density at radius 2 is 2.00 bits per heavy atom. The molecule has 140 valence electrons. The summed E-state index contributed by atoms with van der Waals surface area (Å²) in [6.45, 7) is 8.41. The normalized spacial score (nSPS) is 16.7. The number of aromatic nitrogens is 3. The third kappa shape index (κ3) is 3.98. The Labute approximate surface area is 153 Å². The average Bonchev–Trinajstić information content (AvgIpc) is 3.26. The predicted molar refractivity (Wildman–Crippen MR) is 97.5 cm³/mol. The molecule has 2 heterocycles. The fourth-order valence-corrected chi connectivity index (χ4v) is 3.35. The van der Waals surface area contributed by atoms with Gasteiger partial charge < -0.3 is 18.9 Å². The maximum absolute atomic E-state index is 12.7. The van der Waals surface area contributed by atoms with Gasteiger partial charge in [0.05, 0.1) is 25.7 Å². The molecule has 1 fully saturated rings. The Kier molecular flexibility index (Phi) is 5.75. The highest BCUT2D eigenvalue weighted by Crippen LogP contribution is 2.29. The molecule has 0 saturated carbocycles. The van der Waals surface area contributed by atoms with E-state index >= 15 is 0 Å². The number of hydrogen-bond donors (Lipinski definition) is 0. The van der Waals surface area contributed by atoms with Crippen molar-refractivity contribution in [1.29, 1.82) is 0 Å². The Morgan fingerprint density at radius 1 is 1.23 bits per heavy atom.